The molecule has 0 aliphatic carbocycles. The van der Waals surface area contributed by atoms with Crippen LogP contribution in [-0.2, 0) is 16.1 Å². The highest BCUT2D eigenvalue weighted by atomic mass is 79.9. The smallest absolute Gasteiger partial charge is 0.325 e. The molecule has 0 aromatic carbocycles. The minimum Gasteiger partial charge on any atom is -0.465 e. The van der Waals surface area contributed by atoms with Crippen LogP contribution in [0.4, 0.5) is 0 Å². The van der Waals surface area contributed by atoms with Crippen molar-refractivity contribution in [3.8, 4) is 0 Å². The number of esters is 1. The molecule has 1 amide bonds. The minimum atomic E-state index is -0.432. The summed E-state index contributed by atoms with van der Waals surface area (Å²) in [6, 6.07) is 1.73. The number of rotatable bonds is 6. The molecule has 0 aliphatic rings. The van der Waals surface area contributed by atoms with Crippen LogP contribution in [0.2, 0.25) is 0 Å². The lowest BCUT2D eigenvalue weighted by atomic mass is 10.3. The Hall–Kier alpha value is -1.30. The van der Waals surface area contributed by atoms with E-state index in [2.05, 4.69) is 21.2 Å². The molecule has 0 saturated carbocycles. The molecule has 0 bridgehead atoms. The first kappa shape index (κ1) is 14.8. The summed E-state index contributed by atoms with van der Waals surface area (Å²) in [6.45, 7) is 4.72. The Morgan fingerprint density at radius 1 is 1.44 bits per heavy atom. The Balaban J connectivity index is 2.63. The topological polar surface area (TPSA) is 60.3 Å². The van der Waals surface area contributed by atoms with Gasteiger partial charge >= 0.3 is 5.97 Å². The second-order valence-corrected chi connectivity index (χ2v) is 4.64. The molecular weight excluding hydrogens is 300 g/mol. The maximum Gasteiger partial charge on any atom is 0.325 e. The summed E-state index contributed by atoms with van der Waals surface area (Å²) in [5.41, 5.74) is 0.535. The zero-order valence-electron chi connectivity index (χ0n) is 10.5. The quantitative estimate of drug-likeness (QED) is 0.816. The molecule has 1 aromatic heterocycles. The summed E-state index contributed by atoms with van der Waals surface area (Å²) in [5, 5.41) is 2.54. The average Bonchev–Trinajstić information content (AvgIpc) is 2.68. The predicted octanol–water partition coefficient (Wildman–Crippen LogP) is 1.95. The number of halogens is 1. The number of amides is 1. The predicted molar refractivity (Wildman–Crippen MR) is 71.4 cm³/mol. The fourth-order valence-corrected chi connectivity index (χ4v) is 2.01. The van der Waals surface area contributed by atoms with Crippen LogP contribution < -0.4 is 5.32 Å². The van der Waals surface area contributed by atoms with E-state index in [9.17, 15) is 9.59 Å². The second kappa shape index (κ2) is 7.20. The fraction of sp³-hybridized carbons (Fsp3) is 0.500. The number of carbonyl (C=O) groups excluding carboxylic acids is 2. The molecule has 0 spiro atoms. The van der Waals surface area contributed by atoms with Gasteiger partial charge in [-0.05, 0) is 35.3 Å². The molecule has 6 heteroatoms. The molecule has 18 heavy (non-hydrogen) atoms. The highest BCUT2D eigenvalue weighted by Gasteiger charge is 2.13. The SMILES string of the molecule is CCCn1cc(Br)cc1C(=O)NCC(=O)OCC. The van der Waals surface area contributed by atoms with Crippen LogP contribution in [0.3, 0.4) is 0 Å². The van der Waals surface area contributed by atoms with Crippen molar-refractivity contribution in [1.82, 2.24) is 9.88 Å². The van der Waals surface area contributed by atoms with E-state index < -0.39 is 5.97 Å². The number of hydrogen-bond acceptors (Lipinski definition) is 3. The van der Waals surface area contributed by atoms with Crippen molar-refractivity contribution in [2.45, 2.75) is 26.8 Å². The molecule has 1 heterocycles. The average molecular weight is 317 g/mol. The van der Waals surface area contributed by atoms with Crippen molar-refractivity contribution in [3.05, 3.63) is 22.4 Å². The maximum atomic E-state index is 11.9. The zero-order chi connectivity index (χ0) is 13.5. The van der Waals surface area contributed by atoms with E-state index in [1.165, 1.54) is 0 Å². The molecule has 0 radical (unpaired) electrons. The summed E-state index contributed by atoms with van der Waals surface area (Å²) in [4.78, 5) is 23.0. The molecule has 0 fully saturated rings. The van der Waals surface area contributed by atoms with Gasteiger partial charge in [0.05, 0.1) is 6.61 Å². The van der Waals surface area contributed by atoms with Gasteiger partial charge in [0.2, 0.25) is 0 Å². The second-order valence-electron chi connectivity index (χ2n) is 3.72. The summed E-state index contributed by atoms with van der Waals surface area (Å²) < 4.78 is 7.44. The van der Waals surface area contributed by atoms with E-state index in [4.69, 9.17) is 4.74 Å². The fourth-order valence-electron chi connectivity index (χ4n) is 1.55. The third-order valence-corrected chi connectivity index (χ3v) is 2.69. The van der Waals surface area contributed by atoms with Gasteiger partial charge in [-0.1, -0.05) is 6.92 Å². The number of nitrogens with one attached hydrogen (secondary N) is 1. The van der Waals surface area contributed by atoms with Crippen LogP contribution in [0, 0.1) is 0 Å². The number of nitrogens with zero attached hydrogens (tertiary/aromatic N) is 1. The van der Waals surface area contributed by atoms with E-state index >= 15 is 0 Å². The first-order chi connectivity index (χ1) is 8.58. The van der Waals surface area contributed by atoms with Gasteiger partial charge in [-0.3, -0.25) is 9.59 Å². The molecule has 1 N–H and O–H groups in total. The van der Waals surface area contributed by atoms with Gasteiger partial charge in [-0.15, -0.1) is 0 Å². The number of ether oxygens (including phenoxy) is 1. The van der Waals surface area contributed by atoms with Gasteiger partial charge in [0.1, 0.15) is 12.2 Å². The summed E-state index contributed by atoms with van der Waals surface area (Å²) >= 11 is 3.33. The van der Waals surface area contributed by atoms with Crippen molar-refractivity contribution < 1.29 is 14.3 Å². The third kappa shape index (κ3) is 4.18. The van der Waals surface area contributed by atoms with Crippen LogP contribution in [-0.4, -0.2) is 29.6 Å². The summed E-state index contributed by atoms with van der Waals surface area (Å²) in [5.74, 6) is -0.708. The maximum absolute atomic E-state index is 11.9. The Labute approximate surface area is 115 Å². The Morgan fingerprint density at radius 3 is 2.78 bits per heavy atom. The molecular formula is C12H17BrN2O3. The summed E-state index contributed by atoms with van der Waals surface area (Å²) in [6.07, 6.45) is 2.78. The van der Waals surface area contributed by atoms with Gasteiger partial charge in [0.15, 0.2) is 0 Å². The molecule has 0 atom stereocenters. The lowest BCUT2D eigenvalue weighted by Crippen LogP contribution is -2.32. The van der Waals surface area contributed by atoms with Gasteiger partial charge in [0.25, 0.3) is 5.91 Å². The molecule has 1 aromatic rings. The normalized spacial score (nSPS) is 10.2. The molecule has 1 rings (SSSR count). The lowest BCUT2D eigenvalue weighted by Gasteiger charge is -2.08. The summed E-state index contributed by atoms with van der Waals surface area (Å²) in [7, 11) is 0. The monoisotopic (exact) mass is 316 g/mol. The minimum absolute atomic E-state index is 0.110. The van der Waals surface area contributed by atoms with Crippen molar-refractivity contribution in [2.24, 2.45) is 0 Å². The number of aryl methyl sites for hydroxylation is 1. The largest absolute Gasteiger partial charge is 0.465 e. The standard InChI is InChI=1S/C12H17BrN2O3/c1-3-5-15-8-9(13)6-10(15)12(17)14-7-11(16)18-4-2/h6,8H,3-5,7H2,1-2H3,(H,14,17). The molecule has 0 saturated heterocycles. The van der Waals surface area contributed by atoms with Crippen molar-refractivity contribution in [2.75, 3.05) is 13.2 Å². The molecule has 0 unspecified atom stereocenters. The molecule has 5 nitrogen and oxygen atoms in total. The van der Waals surface area contributed by atoms with Gasteiger partial charge in [-0.2, -0.15) is 0 Å². The van der Waals surface area contributed by atoms with E-state index in [1.807, 2.05) is 17.7 Å². The van der Waals surface area contributed by atoms with Crippen LogP contribution in [0.25, 0.3) is 0 Å². The van der Waals surface area contributed by atoms with Crippen LogP contribution in [0.5, 0.6) is 0 Å². The van der Waals surface area contributed by atoms with Gasteiger partial charge in [0, 0.05) is 17.2 Å². The highest BCUT2D eigenvalue weighted by Crippen LogP contribution is 2.15. The van der Waals surface area contributed by atoms with Gasteiger partial charge < -0.3 is 14.6 Å². The van der Waals surface area contributed by atoms with Crippen LogP contribution in [0.15, 0.2) is 16.7 Å². The molecule has 0 aliphatic heterocycles. The Kier molecular flexibility index (Phi) is 5.91. The van der Waals surface area contributed by atoms with Crippen molar-refractivity contribution in [3.63, 3.8) is 0 Å². The van der Waals surface area contributed by atoms with E-state index in [-0.39, 0.29) is 12.5 Å². The third-order valence-electron chi connectivity index (χ3n) is 2.26. The zero-order valence-corrected chi connectivity index (χ0v) is 12.1. The first-order valence-electron chi connectivity index (χ1n) is 5.88. The van der Waals surface area contributed by atoms with Gasteiger partial charge in [-0.25, -0.2) is 0 Å². The number of hydrogen-bond donors (Lipinski definition) is 1. The first-order valence-corrected chi connectivity index (χ1v) is 6.67. The Morgan fingerprint density at radius 2 is 2.17 bits per heavy atom. The number of aromatic nitrogens is 1. The van der Waals surface area contributed by atoms with E-state index in [1.54, 1.807) is 13.0 Å². The van der Waals surface area contributed by atoms with Crippen LogP contribution in [0.1, 0.15) is 30.8 Å². The Bertz CT molecular complexity index is 429. The van der Waals surface area contributed by atoms with Crippen molar-refractivity contribution in [1.29, 1.82) is 0 Å². The van der Waals surface area contributed by atoms with Crippen molar-refractivity contribution >= 4 is 27.8 Å². The van der Waals surface area contributed by atoms with E-state index in [0.29, 0.717) is 12.3 Å². The lowest BCUT2D eigenvalue weighted by molar-refractivity contribution is -0.141. The van der Waals surface area contributed by atoms with Crippen LogP contribution >= 0.6 is 15.9 Å². The number of carbonyl (C=O) groups is 2. The van der Waals surface area contributed by atoms with E-state index in [0.717, 1.165) is 17.4 Å². The highest BCUT2D eigenvalue weighted by molar-refractivity contribution is 9.10. The molecule has 100 valence electrons.